The molecule has 0 aliphatic heterocycles. The van der Waals surface area contributed by atoms with Crippen LogP contribution in [0.5, 0.6) is 11.5 Å². The lowest BCUT2D eigenvalue weighted by Crippen LogP contribution is -1.99. The van der Waals surface area contributed by atoms with Crippen LogP contribution >= 0.6 is 15.9 Å². The Bertz CT molecular complexity index is 333. The van der Waals surface area contributed by atoms with Gasteiger partial charge in [0.05, 0.1) is 13.2 Å². The van der Waals surface area contributed by atoms with Crippen molar-refractivity contribution in [2.75, 3.05) is 7.11 Å². The predicted octanol–water partition coefficient (Wildman–Crippen LogP) is 2.78. The quantitative estimate of drug-likeness (QED) is 0.891. The molecule has 1 unspecified atom stereocenters. The smallest absolute Gasteiger partial charge is 0.164 e. The minimum Gasteiger partial charge on any atom is -0.504 e. The van der Waals surface area contributed by atoms with Gasteiger partial charge in [-0.2, -0.15) is 0 Å². The molecule has 3 nitrogen and oxygen atoms in total. The molecule has 2 N–H and O–H groups in total. The Labute approximate surface area is 97.8 Å². The van der Waals surface area contributed by atoms with Crippen molar-refractivity contribution in [2.24, 2.45) is 0 Å². The molecule has 0 aliphatic rings. The highest BCUT2D eigenvalue weighted by Gasteiger charge is 2.19. The molecule has 0 heterocycles. The van der Waals surface area contributed by atoms with Crippen LogP contribution in [0.4, 0.5) is 0 Å². The van der Waals surface area contributed by atoms with Gasteiger partial charge < -0.3 is 14.9 Å². The average molecular weight is 275 g/mol. The van der Waals surface area contributed by atoms with Crippen LogP contribution in [0.25, 0.3) is 0 Å². The third kappa shape index (κ3) is 2.26. The lowest BCUT2D eigenvalue weighted by atomic mass is 10.0. The molecular formula is C11H15BrO3. The fraction of sp³-hybridized carbons (Fsp3) is 0.455. The number of rotatable bonds is 3. The van der Waals surface area contributed by atoms with Gasteiger partial charge in [0.25, 0.3) is 0 Å². The van der Waals surface area contributed by atoms with Gasteiger partial charge in [-0.3, -0.25) is 0 Å². The van der Waals surface area contributed by atoms with E-state index in [9.17, 15) is 10.2 Å². The molecule has 0 radical (unpaired) electrons. The zero-order chi connectivity index (χ0) is 11.6. The third-order valence-electron chi connectivity index (χ3n) is 2.33. The van der Waals surface area contributed by atoms with Crippen LogP contribution in [0, 0.1) is 0 Å². The van der Waals surface area contributed by atoms with E-state index in [4.69, 9.17) is 4.74 Å². The summed E-state index contributed by atoms with van der Waals surface area (Å²) in [6.07, 6.45) is 0.0662. The molecule has 0 bridgehead atoms. The Kier molecular flexibility index (Phi) is 3.99. The van der Waals surface area contributed by atoms with Gasteiger partial charge in [0.2, 0.25) is 0 Å². The summed E-state index contributed by atoms with van der Waals surface area (Å²) in [4.78, 5) is 0. The number of aromatic hydroxyl groups is 1. The molecule has 1 aromatic rings. The lowest BCUT2D eigenvalue weighted by Gasteiger charge is -2.16. The summed E-state index contributed by atoms with van der Waals surface area (Å²) < 4.78 is 5.80. The van der Waals surface area contributed by atoms with E-state index in [0.29, 0.717) is 11.3 Å². The highest BCUT2D eigenvalue weighted by molar-refractivity contribution is 9.10. The molecule has 1 aromatic carbocycles. The number of aryl methyl sites for hydroxylation is 1. The van der Waals surface area contributed by atoms with Crippen molar-refractivity contribution in [1.82, 2.24) is 0 Å². The molecule has 0 spiro atoms. The summed E-state index contributed by atoms with van der Waals surface area (Å²) in [6, 6.07) is 1.77. The topological polar surface area (TPSA) is 49.7 Å². The first-order valence-electron chi connectivity index (χ1n) is 4.79. The summed E-state index contributed by atoms with van der Waals surface area (Å²) >= 11 is 3.38. The van der Waals surface area contributed by atoms with Crippen LogP contribution in [0.15, 0.2) is 10.5 Å². The molecule has 84 valence electrons. The van der Waals surface area contributed by atoms with E-state index in [0.717, 1.165) is 16.5 Å². The Hall–Kier alpha value is -0.740. The molecule has 0 saturated carbocycles. The summed E-state index contributed by atoms with van der Waals surface area (Å²) in [6.45, 7) is 3.61. The second kappa shape index (κ2) is 4.86. The summed E-state index contributed by atoms with van der Waals surface area (Å²) in [5.74, 6) is 0.391. The van der Waals surface area contributed by atoms with Crippen LogP contribution in [0.2, 0.25) is 0 Å². The molecule has 0 fully saturated rings. The SMILES string of the molecule is CCc1cc(OC)c(O)c(C(C)O)c1Br. The largest absolute Gasteiger partial charge is 0.504 e. The van der Waals surface area contributed by atoms with E-state index in [1.807, 2.05) is 6.92 Å². The van der Waals surface area contributed by atoms with Gasteiger partial charge in [-0.1, -0.05) is 6.92 Å². The summed E-state index contributed by atoms with van der Waals surface area (Å²) in [7, 11) is 1.49. The number of methoxy groups -OCH3 is 1. The van der Waals surface area contributed by atoms with E-state index in [2.05, 4.69) is 15.9 Å². The van der Waals surface area contributed by atoms with E-state index in [1.54, 1.807) is 13.0 Å². The second-order valence-corrected chi connectivity index (χ2v) is 4.14. The second-order valence-electron chi connectivity index (χ2n) is 3.34. The first-order valence-corrected chi connectivity index (χ1v) is 5.58. The first-order chi connectivity index (χ1) is 7.02. The van der Waals surface area contributed by atoms with Crippen molar-refractivity contribution >= 4 is 15.9 Å². The number of aliphatic hydroxyl groups excluding tert-OH is 1. The maximum atomic E-state index is 9.85. The average Bonchev–Trinajstić information content (AvgIpc) is 2.18. The molecule has 0 aliphatic carbocycles. The molecule has 4 heteroatoms. The van der Waals surface area contributed by atoms with Gasteiger partial charge >= 0.3 is 0 Å². The lowest BCUT2D eigenvalue weighted by molar-refractivity contribution is 0.192. The number of benzene rings is 1. The number of hydrogen-bond donors (Lipinski definition) is 2. The standard InChI is InChI=1S/C11H15BrO3/c1-4-7-5-8(15-3)11(14)9(6(2)13)10(7)12/h5-6,13-14H,4H2,1-3H3. The van der Waals surface area contributed by atoms with Crippen molar-refractivity contribution < 1.29 is 14.9 Å². The van der Waals surface area contributed by atoms with Crippen molar-refractivity contribution in [3.63, 3.8) is 0 Å². The first kappa shape index (κ1) is 12.3. The Morgan fingerprint density at radius 3 is 2.53 bits per heavy atom. The van der Waals surface area contributed by atoms with Crippen LogP contribution < -0.4 is 4.74 Å². The monoisotopic (exact) mass is 274 g/mol. The highest BCUT2D eigenvalue weighted by atomic mass is 79.9. The number of hydrogen-bond acceptors (Lipinski definition) is 3. The minimum absolute atomic E-state index is 0.00317. The van der Waals surface area contributed by atoms with Gasteiger partial charge in [-0.25, -0.2) is 0 Å². The molecule has 0 saturated heterocycles. The number of phenolic OH excluding ortho intramolecular Hbond substituents is 1. The summed E-state index contributed by atoms with van der Waals surface area (Å²) in [5, 5.41) is 19.4. The molecule has 0 amide bonds. The van der Waals surface area contributed by atoms with E-state index >= 15 is 0 Å². The van der Waals surface area contributed by atoms with Crippen molar-refractivity contribution in [1.29, 1.82) is 0 Å². The van der Waals surface area contributed by atoms with Crippen LogP contribution in [-0.2, 0) is 6.42 Å². The minimum atomic E-state index is -0.736. The highest BCUT2D eigenvalue weighted by Crippen LogP contribution is 2.41. The fourth-order valence-corrected chi connectivity index (χ4v) is 2.41. The third-order valence-corrected chi connectivity index (χ3v) is 3.27. The van der Waals surface area contributed by atoms with Crippen LogP contribution in [0.1, 0.15) is 31.1 Å². The zero-order valence-corrected chi connectivity index (χ0v) is 10.6. The number of phenols is 1. The van der Waals surface area contributed by atoms with E-state index < -0.39 is 6.10 Å². The Balaban J connectivity index is 3.46. The van der Waals surface area contributed by atoms with Gasteiger partial charge in [0.1, 0.15) is 0 Å². The number of halogens is 1. The number of aliphatic hydroxyl groups is 1. The van der Waals surface area contributed by atoms with Gasteiger partial charge in [0, 0.05) is 10.0 Å². The zero-order valence-electron chi connectivity index (χ0n) is 9.04. The van der Waals surface area contributed by atoms with Crippen LogP contribution in [-0.4, -0.2) is 17.3 Å². The van der Waals surface area contributed by atoms with Gasteiger partial charge in [-0.05, 0) is 40.9 Å². The predicted molar refractivity (Wildman–Crippen MR) is 62.4 cm³/mol. The van der Waals surface area contributed by atoms with Gasteiger partial charge in [-0.15, -0.1) is 0 Å². The Morgan fingerprint density at radius 1 is 1.53 bits per heavy atom. The molecule has 0 aromatic heterocycles. The maximum absolute atomic E-state index is 9.85. The van der Waals surface area contributed by atoms with Crippen LogP contribution in [0.3, 0.4) is 0 Å². The molecular weight excluding hydrogens is 260 g/mol. The van der Waals surface area contributed by atoms with E-state index in [1.165, 1.54) is 7.11 Å². The van der Waals surface area contributed by atoms with Crippen molar-refractivity contribution in [3.05, 3.63) is 21.7 Å². The Morgan fingerprint density at radius 2 is 2.13 bits per heavy atom. The molecule has 1 rings (SSSR count). The maximum Gasteiger partial charge on any atom is 0.164 e. The number of ether oxygens (including phenoxy) is 1. The van der Waals surface area contributed by atoms with Crippen molar-refractivity contribution in [2.45, 2.75) is 26.4 Å². The van der Waals surface area contributed by atoms with Crippen molar-refractivity contribution in [3.8, 4) is 11.5 Å². The van der Waals surface area contributed by atoms with Gasteiger partial charge in [0.15, 0.2) is 11.5 Å². The fourth-order valence-electron chi connectivity index (χ4n) is 1.49. The normalized spacial score (nSPS) is 12.6. The molecule has 1 atom stereocenters. The summed E-state index contributed by atoms with van der Waals surface area (Å²) in [5.41, 5.74) is 1.48. The van der Waals surface area contributed by atoms with E-state index in [-0.39, 0.29) is 5.75 Å². The molecule has 15 heavy (non-hydrogen) atoms.